The molecule has 0 bridgehead atoms. The third-order valence-corrected chi connectivity index (χ3v) is 3.54. The Kier molecular flexibility index (Phi) is 7.78. The zero-order chi connectivity index (χ0) is 19.6. The van der Waals surface area contributed by atoms with E-state index in [1.165, 1.54) is 0 Å². The second-order valence-electron chi connectivity index (χ2n) is 5.46. The number of hydrogen-bond acceptors (Lipinski definition) is 5. The largest absolute Gasteiger partial charge is 0.490 e. The van der Waals surface area contributed by atoms with Gasteiger partial charge in [-0.15, -0.1) is 10.2 Å². The lowest BCUT2D eigenvalue weighted by Gasteiger charge is -2.15. The van der Waals surface area contributed by atoms with Gasteiger partial charge in [0.1, 0.15) is 6.33 Å². The molecule has 1 aromatic carbocycles. The Morgan fingerprint density at radius 3 is 2.74 bits per heavy atom. The summed E-state index contributed by atoms with van der Waals surface area (Å²) in [5.74, 6) is 1.52. The Morgan fingerprint density at radius 2 is 2.11 bits per heavy atom. The Hall–Kier alpha value is -2.91. The Morgan fingerprint density at radius 1 is 1.30 bits per heavy atom. The van der Waals surface area contributed by atoms with Crippen LogP contribution in [0, 0.1) is 0 Å². The Bertz CT molecular complexity index is 751. The second kappa shape index (κ2) is 10.3. The number of aryl methyl sites for hydroxylation is 1. The molecule has 2 aromatic rings. The van der Waals surface area contributed by atoms with Gasteiger partial charge in [0.05, 0.1) is 19.7 Å². The first-order valence-electron chi connectivity index (χ1n) is 8.59. The fourth-order valence-corrected chi connectivity index (χ4v) is 2.31. The van der Waals surface area contributed by atoms with Crippen LogP contribution >= 0.6 is 0 Å². The van der Waals surface area contributed by atoms with Crippen molar-refractivity contribution in [1.29, 1.82) is 0 Å². The third kappa shape index (κ3) is 6.08. The highest BCUT2D eigenvalue weighted by atomic mass is 19.3. The van der Waals surface area contributed by atoms with Crippen molar-refractivity contribution in [3.8, 4) is 11.5 Å². The minimum Gasteiger partial charge on any atom is -0.490 e. The van der Waals surface area contributed by atoms with Crippen molar-refractivity contribution < 1.29 is 18.3 Å². The molecule has 0 saturated heterocycles. The van der Waals surface area contributed by atoms with Crippen LogP contribution in [0.3, 0.4) is 0 Å². The molecule has 27 heavy (non-hydrogen) atoms. The molecule has 0 atom stereocenters. The van der Waals surface area contributed by atoms with E-state index < -0.39 is 6.61 Å². The predicted octanol–water partition coefficient (Wildman–Crippen LogP) is 2.07. The number of ether oxygens (including phenoxy) is 2. The number of rotatable bonds is 9. The Labute approximate surface area is 156 Å². The molecule has 0 radical (unpaired) electrons. The van der Waals surface area contributed by atoms with E-state index in [0.717, 1.165) is 5.82 Å². The first-order valence-corrected chi connectivity index (χ1v) is 8.59. The zero-order valence-electron chi connectivity index (χ0n) is 15.6. The highest BCUT2D eigenvalue weighted by Crippen LogP contribution is 2.33. The van der Waals surface area contributed by atoms with Crippen molar-refractivity contribution in [1.82, 2.24) is 25.4 Å². The minimum atomic E-state index is -2.95. The van der Waals surface area contributed by atoms with Crippen molar-refractivity contribution in [2.45, 2.75) is 33.5 Å². The Balaban J connectivity index is 2.16. The zero-order valence-corrected chi connectivity index (χ0v) is 15.6. The fourth-order valence-electron chi connectivity index (χ4n) is 2.31. The van der Waals surface area contributed by atoms with Gasteiger partial charge in [-0.25, -0.2) is 4.99 Å². The van der Waals surface area contributed by atoms with E-state index in [0.29, 0.717) is 31.2 Å². The number of nitrogens with one attached hydrogen (secondary N) is 2. The van der Waals surface area contributed by atoms with Gasteiger partial charge in [0.25, 0.3) is 0 Å². The monoisotopic (exact) mass is 382 g/mol. The molecule has 1 aromatic heterocycles. The van der Waals surface area contributed by atoms with Crippen LogP contribution in [-0.2, 0) is 20.1 Å². The molecular weight excluding hydrogens is 358 g/mol. The maximum atomic E-state index is 12.8. The molecule has 0 spiro atoms. The van der Waals surface area contributed by atoms with E-state index in [9.17, 15) is 8.78 Å². The number of para-hydroxylation sites is 1. The molecule has 0 aliphatic rings. The summed E-state index contributed by atoms with van der Waals surface area (Å²) in [6, 6.07) is 4.98. The molecule has 0 unspecified atom stereocenters. The maximum absolute atomic E-state index is 12.8. The molecule has 0 fully saturated rings. The van der Waals surface area contributed by atoms with Gasteiger partial charge in [-0.05, 0) is 19.9 Å². The van der Waals surface area contributed by atoms with Gasteiger partial charge in [-0.2, -0.15) is 8.78 Å². The molecule has 0 aliphatic heterocycles. The van der Waals surface area contributed by atoms with E-state index in [-0.39, 0.29) is 18.0 Å². The molecule has 10 heteroatoms. The SMILES string of the molecule is CCNC(=NCc1cccc(OCC)c1OC(F)F)NCc1nncn1C. The summed E-state index contributed by atoms with van der Waals surface area (Å²) in [5.41, 5.74) is 0.497. The number of alkyl halides is 2. The van der Waals surface area contributed by atoms with Gasteiger partial charge < -0.3 is 24.7 Å². The fraction of sp³-hybridized carbons (Fsp3) is 0.471. The summed E-state index contributed by atoms with van der Waals surface area (Å²) in [6.07, 6.45) is 1.61. The van der Waals surface area contributed by atoms with Crippen LogP contribution in [0.4, 0.5) is 8.78 Å². The smallest absolute Gasteiger partial charge is 0.387 e. The number of halogens is 2. The van der Waals surface area contributed by atoms with Gasteiger partial charge in [0, 0.05) is 19.2 Å². The molecule has 8 nitrogen and oxygen atoms in total. The van der Waals surface area contributed by atoms with E-state index in [4.69, 9.17) is 4.74 Å². The van der Waals surface area contributed by atoms with Crippen LogP contribution in [0.15, 0.2) is 29.5 Å². The predicted molar refractivity (Wildman–Crippen MR) is 96.9 cm³/mol. The van der Waals surface area contributed by atoms with Crippen LogP contribution in [-0.4, -0.2) is 40.5 Å². The van der Waals surface area contributed by atoms with Gasteiger partial charge in [-0.3, -0.25) is 0 Å². The first-order chi connectivity index (χ1) is 13.0. The standard InChI is InChI=1S/C17H24F2N6O2/c1-4-20-17(22-10-14-24-23-11-25(14)3)21-9-12-7-6-8-13(26-5-2)15(12)27-16(18)19/h6-8,11,16H,4-5,9-10H2,1-3H3,(H2,20,21,22). The summed E-state index contributed by atoms with van der Waals surface area (Å²) in [6.45, 7) is 2.30. The normalized spacial score (nSPS) is 11.6. The van der Waals surface area contributed by atoms with E-state index in [2.05, 4.69) is 30.6 Å². The van der Waals surface area contributed by atoms with Gasteiger partial charge in [-0.1, -0.05) is 12.1 Å². The van der Waals surface area contributed by atoms with Crippen molar-refractivity contribution in [2.24, 2.45) is 12.0 Å². The molecule has 2 N–H and O–H groups in total. The summed E-state index contributed by atoms with van der Waals surface area (Å²) in [4.78, 5) is 4.44. The second-order valence-corrected chi connectivity index (χ2v) is 5.46. The summed E-state index contributed by atoms with van der Waals surface area (Å²) in [7, 11) is 1.84. The summed E-state index contributed by atoms with van der Waals surface area (Å²) in [5, 5.41) is 14.0. The number of benzene rings is 1. The van der Waals surface area contributed by atoms with Crippen molar-refractivity contribution >= 4 is 5.96 Å². The van der Waals surface area contributed by atoms with E-state index >= 15 is 0 Å². The number of guanidine groups is 1. The topological polar surface area (TPSA) is 85.6 Å². The van der Waals surface area contributed by atoms with Crippen LogP contribution in [0.5, 0.6) is 11.5 Å². The highest BCUT2D eigenvalue weighted by Gasteiger charge is 2.15. The molecule has 148 valence electrons. The van der Waals surface area contributed by atoms with Crippen molar-refractivity contribution in [3.05, 3.63) is 35.9 Å². The number of nitrogens with zero attached hydrogens (tertiary/aromatic N) is 4. The molecule has 2 rings (SSSR count). The molecule has 0 aliphatic carbocycles. The number of aliphatic imine (C=N–C) groups is 1. The lowest BCUT2D eigenvalue weighted by atomic mass is 10.2. The highest BCUT2D eigenvalue weighted by molar-refractivity contribution is 5.79. The van der Waals surface area contributed by atoms with Gasteiger partial charge >= 0.3 is 6.61 Å². The quantitative estimate of drug-likeness (QED) is 0.510. The van der Waals surface area contributed by atoms with Crippen LogP contribution < -0.4 is 20.1 Å². The average molecular weight is 382 g/mol. The number of aromatic nitrogens is 3. The van der Waals surface area contributed by atoms with Crippen molar-refractivity contribution in [2.75, 3.05) is 13.2 Å². The maximum Gasteiger partial charge on any atom is 0.387 e. The molecule has 0 amide bonds. The minimum absolute atomic E-state index is 0.00208. The third-order valence-electron chi connectivity index (χ3n) is 3.54. The lowest BCUT2D eigenvalue weighted by molar-refractivity contribution is -0.0520. The summed E-state index contributed by atoms with van der Waals surface area (Å²) < 4.78 is 37.4. The van der Waals surface area contributed by atoms with Gasteiger partial charge in [0.2, 0.25) is 0 Å². The number of hydrogen-bond donors (Lipinski definition) is 2. The van der Waals surface area contributed by atoms with Crippen LogP contribution in [0.25, 0.3) is 0 Å². The van der Waals surface area contributed by atoms with E-state index in [1.54, 1.807) is 36.0 Å². The average Bonchev–Trinajstić information content (AvgIpc) is 3.04. The molecule has 0 saturated carbocycles. The molecular formula is C17H24F2N6O2. The summed E-state index contributed by atoms with van der Waals surface area (Å²) >= 11 is 0. The lowest BCUT2D eigenvalue weighted by Crippen LogP contribution is -2.37. The van der Waals surface area contributed by atoms with Crippen molar-refractivity contribution in [3.63, 3.8) is 0 Å². The van der Waals surface area contributed by atoms with Gasteiger partial charge in [0.15, 0.2) is 23.3 Å². The first kappa shape index (κ1) is 20.4. The molecule has 1 heterocycles. The van der Waals surface area contributed by atoms with Crippen LogP contribution in [0.2, 0.25) is 0 Å². The van der Waals surface area contributed by atoms with E-state index in [1.807, 2.05) is 14.0 Å². The van der Waals surface area contributed by atoms with Crippen LogP contribution in [0.1, 0.15) is 25.2 Å².